The van der Waals surface area contributed by atoms with E-state index in [0.717, 1.165) is 26.1 Å². The van der Waals surface area contributed by atoms with Crippen LogP contribution in [0.1, 0.15) is 11.3 Å². The van der Waals surface area contributed by atoms with Gasteiger partial charge >= 0.3 is 0 Å². The average Bonchev–Trinajstić information content (AvgIpc) is 3.03. The lowest BCUT2D eigenvalue weighted by Crippen LogP contribution is -2.15. The molecule has 0 saturated heterocycles. The van der Waals surface area contributed by atoms with Crippen molar-refractivity contribution >= 4 is 22.7 Å². The monoisotopic (exact) mass is 279 g/mol. The van der Waals surface area contributed by atoms with Crippen LogP contribution in [0, 0.1) is 0 Å². The molecule has 0 bridgehead atoms. The maximum atomic E-state index is 5.07. The summed E-state index contributed by atoms with van der Waals surface area (Å²) >= 11 is 3.60. The third-order valence-corrected chi connectivity index (χ3v) is 4.35. The second-order valence-corrected chi connectivity index (χ2v) is 5.79. The Morgan fingerprint density at radius 2 is 2.33 bits per heavy atom. The summed E-state index contributed by atoms with van der Waals surface area (Å²) in [5.41, 5.74) is 1.33. The third kappa shape index (κ3) is 3.98. The highest BCUT2D eigenvalue weighted by atomic mass is 32.1. The molecule has 0 amide bonds. The summed E-state index contributed by atoms with van der Waals surface area (Å²) in [7, 11) is 0. The first-order valence-electron chi connectivity index (χ1n) is 5.94. The molecule has 0 unspecified atom stereocenters. The van der Waals surface area contributed by atoms with E-state index in [1.165, 1.54) is 21.6 Å². The van der Waals surface area contributed by atoms with Crippen molar-refractivity contribution in [2.75, 3.05) is 13.2 Å². The lowest BCUT2D eigenvalue weighted by Gasteiger charge is -2.02. The summed E-state index contributed by atoms with van der Waals surface area (Å²) in [6, 6.07) is 6.52. The zero-order valence-corrected chi connectivity index (χ0v) is 11.9. The van der Waals surface area contributed by atoms with E-state index in [1.54, 1.807) is 11.3 Å². The van der Waals surface area contributed by atoms with Gasteiger partial charge in [-0.3, -0.25) is 0 Å². The number of nitrogens with one attached hydrogen (secondary N) is 1. The van der Waals surface area contributed by atoms with E-state index >= 15 is 0 Å². The van der Waals surface area contributed by atoms with Gasteiger partial charge in [-0.05, 0) is 35.9 Å². The van der Waals surface area contributed by atoms with Crippen LogP contribution in [0.15, 0.2) is 41.8 Å². The standard InChI is InChI=1S/C14H17NOS2/c1-2-16-7-4-6-15-10-13-9-12(11-18-13)14-5-3-8-17-14/h2-3,5,8-9,11,15H,1,4,6-7,10H2. The van der Waals surface area contributed by atoms with Gasteiger partial charge in [0.15, 0.2) is 0 Å². The van der Waals surface area contributed by atoms with Crippen LogP contribution in [0.4, 0.5) is 0 Å². The predicted molar refractivity (Wildman–Crippen MR) is 80.1 cm³/mol. The van der Waals surface area contributed by atoms with Gasteiger partial charge in [0.25, 0.3) is 0 Å². The van der Waals surface area contributed by atoms with Gasteiger partial charge in [-0.1, -0.05) is 12.6 Å². The minimum Gasteiger partial charge on any atom is -0.502 e. The topological polar surface area (TPSA) is 21.3 Å². The molecule has 2 heterocycles. The molecule has 0 aliphatic heterocycles. The van der Waals surface area contributed by atoms with Crippen molar-refractivity contribution in [1.82, 2.24) is 5.32 Å². The molecular formula is C14H17NOS2. The molecule has 4 heteroatoms. The van der Waals surface area contributed by atoms with Crippen LogP contribution in [-0.4, -0.2) is 13.2 Å². The normalized spacial score (nSPS) is 10.4. The quantitative estimate of drug-likeness (QED) is 0.580. The predicted octanol–water partition coefficient (Wildman–Crippen LogP) is 4.12. The van der Waals surface area contributed by atoms with Crippen LogP contribution < -0.4 is 5.32 Å². The molecule has 1 N–H and O–H groups in total. The van der Waals surface area contributed by atoms with Gasteiger partial charge in [0.1, 0.15) is 0 Å². The fourth-order valence-electron chi connectivity index (χ4n) is 1.62. The summed E-state index contributed by atoms with van der Waals surface area (Å²) in [6.45, 7) is 6.16. The van der Waals surface area contributed by atoms with E-state index < -0.39 is 0 Å². The molecule has 96 valence electrons. The third-order valence-electron chi connectivity index (χ3n) is 2.49. The molecule has 0 radical (unpaired) electrons. The van der Waals surface area contributed by atoms with Gasteiger partial charge in [-0.15, -0.1) is 22.7 Å². The number of hydrogen-bond donors (Lipinski definition) is 1. The minimum absolute atomic E-state index is 0.737. The molecule has 18 heavy (non-hydrogen) atoms. The number of rotatable bonds is 8. The zero-order valence-electron chi connectivity index (χ0n) is 10.2. The van der Waals surface area contributed by atoms with Crippen molar-refractivity contribution in [3.63, 3.8) is 0 Å². The Morgan fingerprint density at radius 3 is 3.11 bits per heavy atom. The van der Waals surface area contributed by atoms with Crippen molar-refractivity contribution < 1.29 is 4.74 Å². The lowest BCUT2D eigenvalue weighted by atomic mass is 10.2. The maximum absolute atomic E-state index is 5.07. The second-order valence-electron chi connectivity index (χ2n) is 3.85. The van der Waals surface area contributed by atoms with E-state index in [4.69, 9.17) is 4.74 Å². The van der Waals surface area contributed by atoms with Crippen molar-refractivity contribution in [2.24, 2.45) is 0 Å². The summed E-state index contributed by atoms with van der Waals surface area (Å²) < 4.78 is 5.07. The Kier molecular flexibility index (Phi) is 5.45. The molecular weight excluding hydrogens is 262 g/mol. The largest absolute Gasteiger partial charge is 0.502 e. The van der Waals surface area contributed by atoms with Gasteiger partial charge in [0, 0.05) is 21.9 Å². The molecule has 0 saturated carbocycles. The molecule has 0 atom stereocenters. The lowest BCUT2D eigenvalue weighted by molar-refractivity contribution is 0.244. The Labute approximate surface area is 116 Å². The molecule has 0 spiro atoms. The molecule has 0 aliphatic carbocycles. The zero-order chi connectivity index (χ0) is 12.6. The molecule has 0 aliphatic rings. The molecule has 2 aromatic heterocycles. The van der Waals surface area contributed by atoms with Gasteiger partial charge in [0.2, 0.25) is 0 Å². The SMILES string of the molecule is C=COCCCNCc1cc(-c2cccs2)cs1. The van der Waals surface area contributed by atoms with E-state index in [-0.39, 0.29) is 0 Å². The van der Waals surface area contributed by atoms with Crippen LogP contribution in [-0.2, 0) is 11.3 Å². The Bertz CT molecular complexity index is 462. The molecule has 2 nitrogen and oxygen atoms in total. The van der Waals surface area contributed by atoms with Gasteiger partial charge in [-0.2, -0.15) is 0 Å². The molecule has 2 aromatic rings. The van der Waals surface area contributed by atoms with Crippen molar-refractivity contribution in [2.45, 2.75) is 13.0 Å². The highest BCUT2D eigenvalue weighted by molar-refractivity contribution is 7.14. The Morgan fingerprint density at radius 1 is 1.39 bits per heavy atom. The van der Waals surface area contributed by atoms with E-state index in [0.29, 0.717) is 0 Å². The first-order chi connectivity index (χ1) is 8.90. The number of ether oxygens (including phenoxy) is 1. The smallest absolute Gasteiger partial charge is 0.0885 e. The Balaban J connectivity index is 1.72. The highest BCUT2D eigenvalue weighted by Crippen LogP contribution is 2.29. The van der Waals surface area contributed by atoms with E-state index in [9.17, 15) is 0 Å². The van der Waals surface area contributed by atoms with Crippen LogP contribution >= 0.6 is 22.7 Å². The summed E-state index contributed by atoms with van der Waals surface area (Å²) in [5.74, 6) is 0. The highest BCUT2D eigenvalue weighted by Gasteiger charge is 2.02. The second kappa shape index (κ2) is 7.36. The van der Waals surface area contributed by atoms with Crippen LogP contribution in [0.5, 0.6) is 0 Å². The van der Waals surface area contributed by atoms with Gasteiger partial charge in [-0.25, -0.2) is 0 Å². The van der Waals surface area contributed by atoms with Crippen molar-refractivity contribution in [1.29, 1.82) is 0 Å². The fraction of sp³-hybridized carbons (Fsp3) is 0.286. The van der Waals surface area contributed by atoms with E-state index in [2.05, 4.69) is 40.9 Å². The molecule has 0 aromatic carbocycles. The maximum Gasteiger partial charge on any atom is 0.0885 e. The van der Waals surface area contributed by atoms with Gasteiger partial charge in [0.05, 0.1) is 12.9 Å². The van der Waals surface area contributed by atoms with Crippen LogP contribution in [0.2, 0.25) is 0 Å². The van der Waals surface area contributed by atoms with Crippen LogP contribution in [0.25, 0.3) is 10.4 Å². The van der Waals surface area contributed by atoms with Gasteiger partial charge < -0.3 is 10.1 Å². The summed E-state index contributed by atoms with van der Waals surface area (Å²) in [4.78, 5) is 2.72. The number of thiophene rings is 2. The first kappa shape index (κ1) is 13.3. The molecule has 0 fully saturated rings. The first-order valence-corrected chi connectivity index (χ1v) is 7.70. The number of hydrogen-bond acceptors (Lipinski definition) is 4. The average molecular weight is 279 g/mol. The summed E-state index contributed by atoms with van der Waals surface area (Å²) in [5, 5.41) is 7.76. The fourth-order valence-corrected chi connectivity index (χ4v) is 3.26. The Hall–Kier alpha value is -1.10. The summed E-state index contributed by atoms with van der Waals surface area (Å²) in [6.07, 6.45) is 2.50. The van der Waals surface area contributed by atoms with Crippen molar-refractivity contribution in [3.05, 3.63) is 46.7 Å². The van der Waals surface area contributed by atoms with Crippen LogP contribution in [0.3, 0.4) is 0 Å². The molecule has 2 rings (SSSR count). The van der Waals surface area contributed by atoms with Crippen molar-refractivity contribution in [3.8, 4) is 10.4 Å². The van der Waals surface area contributed by atoms with E-state index in [1.807, 2.05) is 11.3 Å². The minimum atomic E-state index is 0.737.